The van der Waals surface area contributed by atoms with E-state index < -0.39 is 4.92 Å². The van der Waals surface area contributed by atoms with Gasteiger partial charge in [-0.3, -0.25) is 14.9 Å². The standard InChI is InChI=1S/C19H19ClN4O3/c1-14-13-22(19-17(24(26)27)6-3-9-21-19)10-11-23(14)18(25)8-7-15-4-2-5-16(20)12-15/h2-9,12,14H,10-11,13H2,1H3/b8-7+/t14-/m1/s1. The number of hydrogen-bond donors (Lipinski definition) is 0. The van der Waals surface area contributed by atoms with E-state index in [4.69, 9.17) is 11.6 Å². The lowest BCUT2D eigenvalue weighted by Crippen LogP contribution is -2.54. The number of piperazine rings is 1. The molecule has 0 N–H and O–H groups in total. The molecule has 1 aromatic heterocycles. The molecule has 140 valence electrons. The number of amides is 1. The average Bonchev–Trinajstić information content (AvgIpc) is 2.66. The van der Waals surface area contributed by atoms with Crippen molar-refractivity contribution in [3.63, 3.8) is 0 Å². The van der Waals surface area contributed by atoms with Crippen LogP contribution in [0.5, 0.6) is 0 Å². The van der Waals surface area contributed by atoms with Crippen LogP contribution in [0.1, 0.15) is 12.5 Å². The van der Waals surface area contributed by atoms with Gasteiger partial charge in [-0.15, -0.1) is 0 Å². The third-order valence-electron chi connectivity index (χ3n) is 4.44. The summed E-state index contributed by atoms with van der Waals surface area (Å²) < 4.78 is 0. The van der Waals surface area contributed by atoms with Crippen LogP contribution in [0.25, 0.3) is 6.08 Å². The number of nitro groups is 1. The number of halogens is 1. The molecule has 0 bridgehead atoms. The zero-order valence-electron chi connectivity index (χ0n) is 14.8. The highest BCUT2D eigenvalue weighted by Crippen LogP contribution is 2.27. The lowest BCUT2D eigenvalue weighted by Gasteiger charge is -2.39. The molecule has 0 radical (unpaired) electrons. The van der Waals surface area contributed by atoms with Crippen LogP contribution in [-0.2, 0) is 4.79 Å². The normalized spacial score (nSPS) is 17.3. The molecule has 27 heavy (non-hydrogen) atoms. The Labute approximate surface area is 162 Å². The van der Waals surface area contributed by atoms with Gasteiger partial charge in [0.1, 0.15) is 0 Å². The van der Waals surface area contributed by atoms with Crippen molar-refractivity contribution in [3.8, 4) is 0 Å². The van der Waals surface area contributed by atoms with Gasteiger partial charge in [0.25, 0.3) is 0 Å². The Bertz CT molecular complexity index is 887. The maximum Gasteiger partial charge on any atom is 0.311 e. The monoisotopic (exact) mass is 386 g/mol. The predicted octanol–water partition coefficient (Wildman–Crippen LogP) is 3.39. The predicted molar refractivity (Wildman–Crippen MR) is 105 cm³/mol. The summed E-state index contributed by atoms with van der Waals surface area (Å²) in [5.41, 5.74) is 0.830. The number of carbonyl (C=O) groups is 1. The molecular weight excluding hydrogens is 368 g/mol. The number of hydrogen-bond acceptors (Lipinski definition) is 5. The molecular formula is C19H19ClN4O3. The van der Waals surface area contributed by atoms with Crippen LogP contribution in [-0.4, -0.2) is 46.4 Å². The zero-order valence-corrected chi connectivity index (χ0v) is 15.5. The Balaban J connectivity index is 1.68. The highest BCUT2D eigenvalue weighted by molar-refractivity contribution is 6.30. The molecule has 1 aliphatic rings. The van der Waals surface area contributed by atoms with Gasteiger partial charge in [-0.05, 0) is 36.8 Å². The van der Waals surface area contributed by atoms with Crippen LogP contribution in [0.4, 0.5) is 11.5 Å². The van der Waals surface area contributed by atoms with Crippen molar-refractivity contribution in [3.05, 3.63) is 69.4 Å². The first-order valence-corrected chi connectivity index (χ1v) is 8.92. The molecule has 1 atom stereocenters. The number of benzene rings is 1. The van der Waals surface area contributed by atoms with Gasteiger partial charge in [0, 0.05) is 49.0 Å². The lowest BCUT2D eigenvalue weighted by molar-refractivity contribution is -0.384. The van der Waals surface area contributed by atoms with Crippen molar-refractivity contribution in [2.24, 2.45) is 0 Å². The Morgan fingerprint density at radius 2 is 2.15 bits per heavy atom. The molecule has 0 aliphatic carbocycles. The molecule has 3 rings (SSSR count). The van der Waals surface area contributed by atoms with Gasteiger partial charge in [-0.25, -0.2) is 4.98 Å². The first-order valence-electron chi connectivity index (χ1n) is 8.54. The van der Waals surface area contributed by atoms with Gasteiger partial charge in [0.15, 0.2) is 0 Å². The zero-order chi connectivity index (χ0) is 19.4. The Morgan fingerprint density at radius 3 is 2.85 bits per heavy atom. The fourth-order valence-corrected chi connectivity index (χ4v) is 3.32. The molecule has 0 spiro atoms. The van der Waals surface area contributed by atoms with E-state index in [-0.39, 0.29) is 17.6 Å². The third-order valence-corrected chi connectivity index (χ3v) is 4.68. The quantitative estimate of drug-likeness (QED) is 0.457. The van der Waals surface area contributed by atoms with Crippen molar-refractivity contribution in [1.82, 2.24) is 9.88 Å². The molecule has 1 aromatic carbocycles. The molecule has 1 fully saturated rings. The second-order valence-electron chi connectivity index (χ2n) is 6.32. The number of pyridine rings is 1. The number of nitrogens with zero attached hydrogens (tertiary/aromatic N) is 4. The van der Waals surface area contributed by atoms with E-state index in [0.29, 0.717) is 30.5 Å². The molecule has 1 amide bonds. The molecule has 0 saturated carbocycles. The smallest absolute Gasteiger partial charge is 0.311 e. The molecule has 2 heterocycles. The van der Waals surface area contributed by atoms with E-state index in [1.54, 1.807) is 29.2 Å². The van der Waals surface area contributed by atoms with Gasteiger partial charge < -0.3 is 9.80 Å². The van der Waals surface area contributed by atoms with Gasteiger partial charge in [0.2, 0.25) is 11.7 Å². The highest BCUT2D eigenvalue weighted by Gasteiger charge is 2.30. The summed E-state index contributed by atoms with van der Waals surface area (Å²) in [6, 6.07) is 10.2. The molecule has 2 aromatic rings. The average molecular weight is 387 g/mol. The van der Waals surface area contributed by atoms with Crippen molar-refractivity contribution in [2.75, 3.05) is 24.5 Å². The van der Waals surface area contributed by atoms with Gasteiger partial charge >= 0.3 is 5.69 Å². The molecule has 7 nitrogen and oxygen atoms in total. The summed E-state index contributed by atoms with van der Waals surface area (Å²) in [7, 11) is 0. The largest absolute Gasteiger partial charge is 0.347 e. The van der Waals surface area contributed by atoms with Crippen LogP contribution >= 0.6 is 11.6 Å². The Hall–Kier alpha value is -2.93. The second-order valence-corrected chi connectivity index (χ2v) is 6.75. The summed E-state index contributed by atoms with van der Waals surface area (Å²) in [4.78, 5) is 31.1. The molecule has 1 saturated heterocycles. The van der Waals surface area contributed by atoms with Crippen LogP contribution in [0.3, 0.4) is 0 Å². The summed E-state index contributed by atoms with van der Waals surface area (Å²) in [5.74, 6) is 0.244. The minimum absolute atomic E-state index is 0.0228. The minimum Gasteiger partial charge on any atom is -0.347 e. The van der Waals surface area contributed by atoms with Crippen molar-refractivity contribution >= 4 is 35.1 Å². The molecule has 0 unspecified atom stereocenters. The van der Waals surface area contributed by atoms with E-state index in [0.717, 1.165) is 5.56 Å². The van der Waals surface area contributed by atoms with E-state index >= 15 is 0 Å². The van der Waals surface area contributed by atoms with E-state index in [1.807, 2.05) is 24.0 Å². The van der Waals surface area contributed by atoms with E-state index in [9.17, 15) is 14.9 Å². The number of rotatable bonds is 4. The molecule has 8 heteroatoms. The van der Waals surface area contributed by atoms with Crippen molar-refractivity contribution < 1.29 is 9.72 Å². The minimum atomic E-state index is -0.432. The first-order chi connectivity index (χ1) is 13.0. The van der Waals surface area contributed by atoms with Crippen LogP contribution in [0.2, 0.25) is 5.02 Å². The molecule has 1 aliphatic heterocycles. The maximum absolute atomic E-state index is 12.5. The van der Waals surface area contributed by atoms with Crippen LogP contribution < -0.4 is 4.90 Å². The fourth-order valence-electron chi connectivity index (χ4n) is 3.13. The second kappa shape index (κ2) is 8.18. The summed E-state index contributed by atoms with van der Waals surface area (Å²) >= 11 is 5.95. The van der Waals surface area contributed by atoms with Crippen molar-refractivity contribution in [1.29, 1.82) is 0 Å². The van der Waals surface area contributed by atoms with Gasteiger partial charge in [-0.1, -0.05) is 23.7 Å². The Morgan fingerprint density at radius 1 is 1.33 bits per heavy atom. The van der Waals surface area contributed by atoms with E-state index in [2.05, 4.69) is 4.98 Å². The Kier molecular flexibility index (Phi) is 5.71. The SMILES string of the molecule is C[C@@H]1CN(c2ncccc2[N+](=O)[O-])CCN1C(=O)/C=C/c1cccc(Cl)c1. The van der Waals surface area contributed by atoms with Crippen molar-refractivity contribution in [2.45, 2.75) is 13.0 Å². The van der Waals surface area contributed by atoms with Crippen LogP contribution in [0.15, 0.2) is 48.7 Å². The first kappa shape index (κ1) is 18.8. The lowest BCUT2D eigenvalue weighted by atomic mass is 10.1. The summed E-state index contributed by atoms with van der Waals surface area (Å²) in [6.45, 7) is 3.35. The third kappa shape index (κ3) is 4.43. The van der Waals surface area contributed by atoms with Gasteiger partial charge in [0.05, 0.1) is 4.92 Å². The summed E-state index contributed by atoms with van der Waals surface area (Å²) in [6.07, 6.45) is 4.80. The maximum atomic E-state index is 12.5. The number of aromatic nitrogens is 1. The van der Waals surface area contributed by atoms with Gasteiger partial charge in [-0.2, -0.15) is 0 Å². The fraction of sp³-hybridized carbons (Fsp3) is 0.263. The summed E-state index contributed by atoms with van der Waals surface area (Å²) in [5, 5.41) is 11.8. The number of anilines is 1. The van der Waals surface area contributed by atoms with Crippen LogP contribution in [0, 0.1) is 10.1 Å². The highest BCUT2D eigenvalue weighted by atomic mass is 35.5. The topological polar surface area (TPSA) is 79.6 Å². The number of carbonyl (C=O) groups excluding carboxylic acids is 1. The van der Waals surface area contributed by atoms with E-state index in [1.165, 1.54) is 18.3 Å².